The quantitative estimate of drug-likeness (QED) is 0.0527. The second-order valence-electron chi connectivity index (χ2n) is 14.6. The van der Waals surface area contributed by atoms with Crippen molar-refractivity contribution >= 4 is 69.9 Å². The van der Waals surface area contributed by atoms with Crippen molar-refractivity contribution < 1.29 is 28.8 Å². The van der Waals surface area contributed by atoms with E-state index in [9.17, 15) is 28.8 Å². The number of carbonyl (C=O) groups is 6. The van der Waals surface area contributed by atoms with Crippen LogP contribution in [0.25, 0.3) is 10.9 Å². The molecule has 0 saturated carbocycles. The van der Waals surface area contributed by atoms with Crippen LogP contribution in [0, 0.1) is 5.92 Å². The highest BCUT2D eigenvalue weighted by molar-refractivity contribution is 7.98. The van der Waals surface area contributed by atoms with Crippen molar-refractivity contribution in [1.82, 2.24) is 31.6 Å². The van der Waals surface area contributed by atoms with Crippen molar-refractivity contribution in [2.45, 2.75) is 95.0 Å². The smallest absolute Gasteiger partial charge is 0.243 e. The zero-order valence-electron chi connectivity index (χ0n) is 33.9. The minimum atomic E-state index is -1.15. The first-order valence-corrected chi connectivity index (χ1v) is 22.4. The minimum absolute atomic E-state index is 0.0837. The van der Waals surface area contributed by atoms with E-state index in [1.54, 1.807) is 13.8 Å². The number of hydrogen-bond donors (Lipinski definition) is 9. The van der Waals surface area contributed by atoms with Crippen LogP contribution in [-0.4, -0.2) is 107 Å². The van der Waals surface area contributed by atoms with Gasteiger partial charge in [0.1, 0.15) is 30.2 Å². The van der Waals surface area contributed by atoms with Crippen molar-refractivity contribution in [2.24, 2.45) is 23.1 Å². The fourth-order valence-corrected chi connectivity index (χ4v) is 7.29. The molecule has 0 unspecified atom stereocenters. The number of amides is 6. The van der Waals surface area contributed by atoms with Gasteiger partial charge in [0.05, 0.1) is 6.04 Å². The van der Waals surface area contributed by atoms with E-state index in [1.165, 1.54) is 23.5 Å². The fourth-order valence-electron chi connectivity index (χ4n) is 6.35. The lowest BCUT2D eigenvalue weighted by Crippen LogP contribution is -2.60. The maximum atomic E-state index is 14.2. The van der Waals surface area contributed by atoms with Crippen molar-refractivity contribution in [3.63, 3.8) is 0 Å². The predicted octanol–water partition coefficient (Wildman–Crippen LogP) is 1.48. The molecule has 0 aliphatic rings. The molecule has 0 spiro atoms. The van der Waals surface area contributed by atoms with Gasteiger partial charge in [-0.2, -0.15) is 23.5 Å². The second-order valence-corrected chi connectivity index (χ2v) is 16.6. The SMILES string of the molecule is CSCC[C@H](NC(=O)[C@H](Cc1ccccc1)NC(=O)[C@H](CCCCN)NC(=O)[C@@H](N)Cc1c[nH]c2ccccc12)C(=O)N[C@H](C(=O)N[C@H](CCSC)C(N)=O)C(C)C. The van der Waals surface area contributed by atoms with Crippen molar-refractivity contribution in [1.29, 1.82) is 0 Å². The fraction of sp³-hybridized carbons (Fsp3) is 0.512. The Hall–Kier alpha value is -4.58. The second kappa shape index (κ2) is 25.0. The largest absolute Gasteiger partial charge is 0.368 e. The Morgan fingerprint density at radius 1 is 0.655 bits per heavy atom. The summed E-state index contributed by atoms with van der Waals surface area (Å²) in [5.41, 5.74) is 20.2. The molecule has 0 saturated heterocycles. The number of para-hydroxylation sites is 1. The molecule has 3 rings (SSSR count). The van der Waals surface area contributed by atoms with Crippen LogP contribution in [0.5, 0.6) is 0 Å². The van der Waals surface area contributed by atoms with Gasteiger partial charge < -0.3 is 48.8 Å². The van der Waals surface area contributed by atoms with Crippen molar-refractivity contribution in [2.75, 3.05) is 30.6 Å². The van der Waals surface area contributed by atoms with Gasteiger partial charge in [0.25, 0.3) is 0 Å². The average Bonchev–Trinajstić information content (AvgIpc) is 3.61. The summed E-state index contributed by atoms with van der Waals surface area (Å²) in [7, 11) is 0. The molecular weight excluding hydrogens is 779 g/mol. The van der Waals surface area contributed by atoms with E-state index < -0.39 is 71.7 Å². The number of unbranched alkanes of at least 4 members (excludes halogenated alkanes) is 1. The normalized spacial score (nSPS) is 14.4. The highest BCUT2D eigenvalue weighted by atomic mass is 32.2. The van der Waals surface area contributed by atoms with Crippen LogP contribution in [0.4, 0.5) is 0 Å². The number of fused-ring (bicyclic) bond motifs is 1. The van der Waals surface area contributed by atoms with Crippen LogP contribution in [0.3, 0.4) is 0 Å². The number of aromatic amines is 1. The van der Waals surface area contributed by atoms with Gasteiger partial charge in [0.2, 0.25) is 35.4 Å². The van der Waals surface area contributed by atoms with Crippen molar-refractivity contribution in [3.05, 3.63) is 71.9 Å². The predicted molar refractivity (Wildman–Crippen MR) is 233 cm³/mol. The van der Waals surface area contributed by atoms with Crippen LogP contribution < -0.4 is 43.8 Å². The van der Waals surface area contributed by atoms with Gasteiger partial charge >= 0.3 is 0 Å². The van der Waals surface area contributed by atoms with Gasteiger partial charge in [-0.1, -0.05) is 62.4 Å². The molecule has 17 heteroatoms. The molecule has 318 valence electrons. The minimum Gasteiger partial charge on any atom is -0.368 e. The van der Waals surface area contributed by atoms with E-state index in [0.717, 1.165) is 22.0 Å². The average molecular weight is 840 g/mol. The first-order valence-electron chi connectivity index (χ1n) is 19.6. The van der Waals surface area contributed by atoms with Crippen LogP contribution in [0.1, 0.15) is 57.1 Å². The van der Waals surface area contributed by atoms with E-state index in [0.29, 0.717) is 37.3 Å². The summed E-state index contributed by atoms with van der Waals surface area (Å²) in [5.74, 6) is -2.87. The lowest BCUT2D eigenvalue weighted by molar-refractivity contribution is -0.135. The summed E-state index contributed by atoms with van der Waals surface area (Å²) in [6.45, 7) is 3.90. The Balaban J connectivity index is 1.81. The molecule has 58 heavy (non-hydrogen) atoms. The summed E-state index contributed by atoms with van der Waals surface area (Å²) in [6.07, 6.45) is 7.81. The summed E-state index contributed by atoms with van der Waals surface area (Å²) in [4.78, 5) is 84.1. The molecule has 2 aromatic carbocycles. The maximum absolute atomic E-state index is 14.2. The number of benzene rings is 2. The zero-order valence-corrected chi connectivity index (χ0v) is 35.5. The highest BCUT2D eigenvalue weighted by Crippen LogP contribution is 2.19. The number of nitrogens with one attached hydrogen (secondary N) is 6. The third kappa shape index (κ3) is 15.3. The molecule has 12 N–H and O–H groups in total. The molecule has 0 fully saturated rings. The Kier molecular flexibility index (Phi) is 20.6. The number of carbonyl (C=O) groups excluding carboxylic acids is 6. The lowest BCUT2D eigenvalue weighted by atomic mass is 10.0. The number of aromatic nitrogens is 1. The van der Waals surface area contributed by atoms with Gasteiger partial charge in [-0.25, -0.2) is 0 Å². The van der Waals surface area contributed by atoms with E-state index in [2.05, 4.69) is 31.6 Å². The molecule has 1 aromatic heterocycles. The van der Waals surface area contributed by atoms with Gasteiger partial charge in [-0.15, -0.1) is 0 Å². The van der Waals surface area contributed by atoms with Crippen molar-refractivity contribution in [3.8, 4) is 0 Å². The van der Waals surface area contributed by atoms with E-state index >= 15 is 0 Å². The molecule has 0 radical (unpaired) electrons. The molecule has 15 nitrogen and oxygen atoms in total. The topological polar surface area (TPSA) is 256 Å². The van der Waals surface area contributed by atoms with Gasteiger partial charge in [0.15, 0.2) is 0 Å². The summed E-state index contributed by atoms with van der Waals surface area (Å²) < 4.78 is 0. The standard InChI is InChI=1S/C41H61N9O6S2/c1-25(2)35(41(56)46-31(36(44)51)17-20-57-3)50-39(54)33(18-21-58-4)48-40(55)34(22-26-12-6-5-7-13-26)49-38(53)32(16-10-11-19-42)47-37(52)29(43)23-27-24-45-30-15-9-8-14-28(27)30/h5-9,12-15,24-25,29,31-35,45H,10-11,16-23,42-43H2,1-4H3,(H2,44,51)(H,46,56)(H,47,52)(H,48,55)(H,49,53)(H,50,54)/t29-,31+,32-,33-,34-,35-/m0/s1. The van der Waals surface area contributed by atoms with Crippen LogP contribution >= 0.6 is 23.5 Å². The number of thioether (sulfide) groups is 2. The van der Waals surface area contributed by atoms with Crippen LogP contribution in [0.15, 0.2) is 60.8 Å². The molecular formula is C41H61N9O6S2. The molecule has 6 amide bonds. The highest BCUT2D eigenvalue weighted by Gasteiger charge is 2.33. The molecule has 0 bridgehead atoms. The zero-order chi connectivity index (χ0) is 42.6. The Morgan fingerprint density at radius 2 is 1.21 bits per heavy atom. The molecule has 0 aliphatic carbocycles. The number of hydrogen-bond acceptors (Lipinski definition) is 10. The third-order valence-corrected chi connectivity index (χ3v) is 11.0. The van der Waals surface area contributed by atoms with Gasteiger partial charge in [-0.05, 0) is 92.2 Å². The molecule has 3 aromatic rings. The van der Waals surface area contributed by atoms with Crippen LogP contribution in [-0.2, 0) is 41.6 Å². The molecule has 0 aliphatic heterocycles. The number of H-pyrrole nitrogens is 1. The van der Waals surface area contributed by atoms with Gasteiger partial charge in [-0.3, -0.25) is 28.8 Å². The summed E-state index contributed by atoms with van der Waals surface area (Å²) in [6, 6.07) is 10.6. The van der Waals surface area contributed by atoms with E-state index in [-0.39, 0.29) is 31.6 Å². The summed E-state index contributed by atoms with van der Waals surface area (Å²) >= 11 is 2.98. The third-order valence-electron chi connectivity index (χ3n) is 9.71. The first-order chi connectivity index (χ1) is 27.8. The monoisotopic (exact) mass is 839 g/mol. The van der Waals surface area contributed by atoms with Crippen LogP contribution in [0.2, 0.25) is 0 Å². The Bertz CT molecular complexity index is 1790. The first kappa shape index (κ1) is 47.8. The van der Waals surface area contributed by atoms with E-state index in [4.69, 9.17) is 17.2 Å². The number of rotatable bonds is 26. The van der Waals surface area contributed by atoms with Gasteiger partial charge in [0, 0.05) is 23.5 Å². The Morgan fingerprint density at radius 3 is 1.84 bits per heavy atom. The number of primary amides is 1. The maximum Gasteiger partial charge on any atom is 0.243 e. The molecule has 1 heterocycles. The summed E-state index contributed by atoms with van der Waals surface area (Å²) in [5, 5.41) is 14.9. The number of nitrogens with two attached hydrogens (primary N) is 3. The van der Waals surface area contributed by atoms with E-state index in [1.807, 2.05) is 73.3 Å². The lowest BCUT2D eigenvalue weighted by Gasteiger charge is -2.28. The molecule has 6 atom stereocenters. The Labute approximate surface area is 349 Å².